The Balaban J connectivity index is 2.53. The van der Waals surface area contributed by atoms with Crippen LogP contribution in [0.25, 0.3) is 0 Å². The van der Waals surface area contributed by atoms with Crippen LogP contribution >= 0.6 is 0 Å². The summed E-state index contributed by atoms with van der Waals surface area (Å²) in [5.41, 5.74) is -0.0836. The summed E-state index contributed by atoms with van der Waals surface area (Å²) in [7, 11) is 4.89. The average Bonchev–Trinajstić information content (AvgIpc) is 2.39. The van der Waals surface area contributed by atoms with Crippen molar-refractivity contribution in [2.24, 2.45) is 0 Å². The minimum atomic E-state index is -0.381. The summed E-state index contributed by atoms with van der Waals surface area (Å²) in [4.78, 5) is 24.7. The van der Waals surface area contributed by atoms with E-state index in [4.69, 9.17) is 0 Å². The van der Waals surface area contributed by atoms with Gasteiger partial charge in [-0.05, 0) is 19.9 Å². The monoisotopic (exact) mass is 256 g/mol. The molecule has 1 N–H and O–H groups in total. The quantitative estimate of drug-likeness (QED) is 0.743. The fraction of sp³-hybridized carbons (Fsp3) is 0.846. The largest absolute Gasteiger partial charge is 0.468 e. The number of likely N-dealkylation sites (N-methyl/N-ethyl adjacent to an activating group) is 1. The Hall–Kier alpha value is -1.10. The Kier molecular flexibility index (Phi) is 5.59. The summed E-state index contributed by atoms with van der Waals surface area (Å²) < 4.78 is 4.56. The van der Waals surface area contributed by atoms with Crippen LogP contribution < -0.4 is 5.32 Å². The summed E-state index contributed by atoms with van der Waals surface area (Å²) in [6, 6.07) is 0. The van der Waals surface area contributed by atoms with E-state index < -0.39 is 0 Å². The molecule has 0 spiro atoms. The highest BCUT2D eigenvalue weighted by Crippen LogP contribution is 2.31. The molecule has 0 saturated heterocycles. The second-order valence-corrected chi connectivity index (χ2v) is 5.09. The van der Waals surface area contributed by atoms with Crippen molar-refractivity contribution in [3.05, 3.63) is 0 Å². The fourth-order valence-electron chi connectivity index (χ4n) is 2.51. The lowest BCUT2D eigenvalue weighted by molar-refractivity contribution is -0.146. The first-order chi connectivity index (χ1) is 8.53. The molecule has 0 unspecified atom stereocenters. The summed E-state index contributed by atoms with van der Waals surface area (Å²) in [5.74, 6) is -0.385. The minimum absolute atomic E-state index is 0.00310. The van der Waals surface area contributed by atoms with Crippen molar-refractivity contribution >= 4 is 11.9 Å². The van der Waals surface area contributed by atoms with Gasteiger partial charge in [0.25, 0.3) is 0 Å². The molecule has 0 aromatic heterocycles. The molecule has 0 aliphatic heterocycles. The molecule has 0 aromatic rings. The molecule has 0 radical (unpaired) electrons. The van der Waals surface area contributed by atoms with Crippen molar-refractivity contribution in [1.29, 1.82) is 0 Å². The highest BCUT2D eigenvalue weighted by Gasteiger charge is 2.33. The van der Waals surface area contributed by atoms with Crippen molar-refractivity contribution in [2.75, 3.05) is 27.7 Å². The molecule has 1 saturated carbocycles. The molecule has 0 heterocycles. The van der Waals surface area contributed by atoms with E-state index >= 15 is 0 Å². The maximum Gasteiger partial charge on any atom is 0.325 e. The summed E-state index contributed by atoms with van der Waals surface area (Å²) >= 11 is 0. The smallest absolute Gasteiger partial charge is 0.325 e. The summed E-state index contributed by atoms with van der Waals surface area (Å²) in [6.45, 7) is 0.0229. The van der Waals surface area contributed by atoms with Gasteiger partial charge in [-0.25, -0.2) is 0 Å². The van der Waals surface area contributed by atoms with Gasteiger partial charge in [0.1, 0.15) is 6.54 Å². The molecule has 0 atom stereocenters. The molecule has 1 aliphatic carbocycles. The molecule has 0 bridgehead atoms. The van der Waals surface area contributed by atoms with E-state index in [0.29, 0.717) is 6.42 Å². The molecule has 5 heteroatoms. The molecule has 104 valence electrons. The van der Waals surface area contributed by atoms with Gasteiger partial charge in [-0.3, -0.25) is 9.59 Å². The molecule has 18 heavy (non-hydrogen) atoms. The number of hydrogen-bond donors (Lipinski definition) is 1. The lowest BCUT2D eigenvalue weighted by Gasteiger charge is -2.37. The fourth-order valence-corrected chi connectivity index (χ4v) is 2.51. The normalized spacial score (nSPS) is 18.2. The number of ether oxygens (including phenoxy) is 1. The third kappa shape index (κ3) is 3.98. The van der Waals surface area contributed by atoms with Gasteiger partial charge < -0.3 is 15.0 Å². The van der Waals surface area contributed by atoms with Gasteiger partial charge in [0.05, 0.1) is 7.11 Å². The second kappa shape index (κ2) is 6.73. The lowest BCUT2D eigenvalue weighted by atomic mass is 9.79. The third-order valence-corrected chi connectivity index (χ3v) is 3.85. The number of nitrogens with zero attached hydrogens (tertiary/aromatic N) is 1. The number of nitrogens with one attached hydrogen (secondary N) is 1. The molecular formula is C13H24N2O3. The maximum absolute atomic E-state index is 12.1. The average molecular weight is 256 g/mol. The van der Waals surface area contributed by atoms with Gasteiger partial charge in [-0.2, -0.15) is 0 Å². The molecule has 0 aromatic carbocycles. The summed E-state index contributed by atoms with van der Waals surface area (Å²) in [6.07, 6.45) is 6.08. The zero-order valence-corrected chi connectivity index (χ0v) is 11.6. The molecular weight excluding hydrogens is 232 g/mol. The van der Waals surface area contributed by atoms with Crippen LogP contribution in [0.1, 0.15) is 38.5 Å². The Morgan fingerprint density at radius 3 is 2.39 bits per heavy atom. The van der Waals surface area contributed by atoms with Crippen LogP contribution in [0.4, 0.5) is 0 Å². The number of methoxy groups -OCH3 is 1. The van der Waals surface area contributed by atoms with Crippen molar-refractivity contribution < 1.29 is 14.3 Å². The van der Waals surface area contributed by atoms with Crippen molar-refractivity contribution in [2.45, 2.75) is 44.1 Å². The lowest BCUT2D eigenvalue weighted by Crippen LogP contribution is -2.49. The van der Waals surface area contributed by atoms with E-state index in [9.17, 15) is 9.59 Å². The van der Waals surface area contributed by atoms with Gasteiger partial charge in [0.15, 0.2) is 0 Å². The first-order valence-corrected chi connectivity index (χ1v) is 6.53. The van der Waals surface area contributed by atoms with Gasteiger partial charge in [-0.15, -0.1) is 0 Å². The Morgan fingerprint density at radius 1 is 1.28 bits per heavy atom. The van der Waals surface area contributed by atoms with Crippen LogP contribution in [0.15, 0.2) is 0 Å². The molecule has 1 aliphatic rings. The van der Waals surface area contributed by atoms with Crippen LogP contribution in [0.5, 0.6) is 0 Å². The number of amides is 1. The van der Waals surface area contributed by atoms with Gasteiger partial charge in [-0.1, -0.05) is 19.3 Å². The second-order valence-electron chi connectivity index (χ2n) is 5.09. The van der Waals surface area contributed by atoms with E-state index in [-0.39, 0.29) is 24.0 Å². The van der Waals surface area contributed by atoms with Crippen molar-refractivity contribution in [1.82, 2.24) is 10.2 Å². The van der Waals surface area contributed by atoms with E-state index in [0.717, 1.165) is 25.7 Å². The first-order valence-electron chi connectivity index (χ1n) is 6.53. The van der Waals surface area contributed by atoms with Crippen LogP contribution in [0.3, 0.4) is 0 Å². The minimum Gasteiger partial charge on any atom is -0.468 e. The number of carbonyl (C=O) groups is 2. The predicted octanol–water partition coefficient (Wildman–Crippen LogP) is 0.930. The molecule has 5 nitrogen and oxygen atoms in total. The van der Waals surface area contributed by atoms with Crippen LogP contribution in [0, 0.1) is 0 Å². The van der Waals surface area contributed by atoms with Gasteiger partial charge >= 0.3 is 5.97 Å². The van der Waals surface area contributed by atoms with E-state index in [1.165, 1.54) is 18.4 Å². The number of carbonyl (C=O) groups excluding carboxylic acids is 2. The molecule has 1 amide bonds. The molecule has 1 fully saturated rings. The van der Waals surface area contributed by atoms with Crippen LogP contribution in [-0.2, 0) is 14.3 Å². The Morgan fingerprint density at radius 2 is 1.89 bits per heavy atom. The topological polar surface area (TPSA) is 58.6 Å². The van der Waals surface area contributed by atoms with E-state index in [2.05, 4.69) is 10.1 Å². The molecule has 1 rings (SSSR count). The number of hydrogen-bond acceptors (Lipinski definition) is 4. The SMILES string of the molecule is CNC1(CC(=O)N(C)CC(=O)OC)CCCCC1. The maximum atomic E-state index is 12.1. The number of rotatable bonds is 5. The standard InChI is InChI=1S/C13H24N2O3/c1-14-13(7-5-4-6-8-13)9-11(16)15(2)10-12(17)18-3/h14H,4-10H2,1-3H3. The van der Waals surface area contributed by atoms with Crippen LogP contribution in [0.2, 0.25) is 0 Å². The predicted molar refractivity (Wildman–Crippen MR) is 69.1 cm³/mol. The van der Waals surface area contributed by atoms with Gasteiger partial charge in [0.2, 0.25) is 5.91 Å². The Bertz CT molecular complexity index is 299. The Labute approximate surface area is 109 Å². The number of esters is 1. The highest BCUT2D eigenvalue weighted by molar-refractivity contribution is 5.82. The van der Waals surface area contributed by atoms with Crippen LogP contribution in [-0.4, -0.2) is 50.1 Å². The third-order valence-electron chi connectivity index (χ3n) is 3.85. The van der Waals surface area contributed by atoms with Crippen molar-refractivity contribution in [3.63, 3.8) is 0 Å². The zero-order chi connectivity index (χ0) is 13.6. The van der Waals surface area contributed by atoms with Crippen molar-refractivity contribution in [3.8, 4) is 0 Å². The first kappa shape index (κ1) is 15.0. The van der Waals surface area contributed by atoms with E-state index in [1.807, 2.05) is 7.05 Å². The zero-order valence-electron chi connectivity index (χ0n) is 11.6. The summed E-state index contributed by atoms with van der Waals surface area (Å²) in [5, 5.41) is 3.31. The van der Waals surface area contributed by atoms with E-state index in [1.54, 1.807) is 7.05 Å². The highest BCUT2D eigenvalue weighted by atomic mass is 16.5. The van der Waals surface area contributed by atoms with Gasteiger partial charge in [0, 0.05) is 19.0 Å².